The molecule has 0 amide bonds. The van der Waals surface area contributed by atoms with Crippen molar-refractivity contribution in [2.45, 2.75) is 57.8 Å². The van der Waals surface area contributed by atoms with E-state index in [4.69, 9.17) is 0 Å². The first kappa shape index (κ1) is 27.0. The van der Waals surface area contributed by atoms with Crippen molar-refractivity contribution in [3.8, 4) is 0 Å². The van der Waals surface area contributed by atoms with E-state index in [0.29, 0.717) is 0 Å². The van der Waals surface area contributed by atoms with Crippen molar-refractivity contribution in [2.75, 3.05) is 46.0 Å². The number of hydrogen-bond acceptors (Lipinski definition) is 2. The van der Waals surface area contributed by atoms with Gasteiger partial charge in [-0.15, -0.1) is 0 Å². The van der Waals surface area contributed by atoms with Crippen LogP contribution in [0.3, 0.4) is 0 Å². The van der Waals surface area contributed by atoms with Crippen LogP contribution in [-0.4, -0.2) is 55.0 Å². The lowest BCUT2D eigenvalue weighted by molar-refractivity contribution is -0.870. The van der Waals surface area contributed by atoms with Gasteiger partial charge in [0.1, 0.15) is 0 Å². The highest BCUT2D eigenvalue weighted by molar-refractivity contribution is 7.89. The summed E-state index contributed by atoms with van der Waals surface area (Å²) in [5, 5.41) is 0. The maximum atomic E-state index is 9.56. The van der Waals surface area contributed by atoms with E-state index in [1.165, 1.54) is 64.3 Å². The van der Waals surface area contributed by atoms with Gasteiger partial charge in [-0.05, 0) is 25.0 Å². The lowest BCUT2D eigenvalue weighted by atomic mass is 10.1. The minimum atomic E-state index is -0.611. The van der Waals surface area contributed by atoms with Crippen LogP contribution in [0.2, 0.25) is 0 Å². The number of unbranched alkanes of at least 4 members (excludes halogenated alkanes) is 8. The minimum Gasteiger partial charge on any atom is -1.00 e. The molecule has 21 heavy (non-hydrogen) atoms. The SMILES string of the molecule is C[N+](C)(C)CCCCCCCCCCCS.C[S+](C)[O-].[Br-]. The third-order valence-corrected chi connectivity index (χ3v) is 3.30. The van der Waals surface area contributed by atoms with Gasteiger partial charge in [0, 0.05) is 0 Å². The maximum Gasteiger partial charge on any atom is 0.0946 e. The second-order valence-corrected chi connectivity index (χ2v) is 8.59. The monoisotopic (exact) mass is 403 g/mol. The molecular weight excluding hydrogens is 366 g/mol. The highest BCUT2D eigenvalue weighted by Crippen LogP contribution is 2.10. The van der Waals surface area contributed by atoms with Crippen molar-refractivity contribution in [2.24, 2.45) is 0 Å². The van der Waals surface area contributed by atoms with Crippen LogP contribution in [-0.2, 0) is 11.2 Å². The fourth-order valence-corrected chi connectivity index (χ4v) is 2.16. The molecule has 0 atom stereocenters. The molecule has 0 fully saturated rings. The van der Waals surface area contributed by atoms with E-state index < -0.39 is 11.2 Å². The summed E-state index contributed by atoms with van der Waals surface area (Å²) >= 11 is 3.61. The zero-order chi connectivity index (χ0) is 15.9. The lowest BCUT2D eigenvalue weighted by Gasteiger charge is -2.23. The van der Waals surface area contributed by atoms with Crippen molar-refractivity contribution in [1.29, 1.82) is 0 Å². The predicted molar refractivity (Wildman–Crippen MR) is 98.3 cm³/mol. The van der Waals surface area contributed by atoms with Crippen LogP contribution in [0.15, 0.2) is 0 Å². The molecule has 0 spiro atoms. The molecule has 0 unspecified atom stereocenters. The average Bonchev–Trinajstić information content (AvgIpc) is 2.29. The van der Waals surface area contributed by atoms with Crippen LogP contribution in [0.1, 0.15) is 57.8 Å². The molecule has 0 aliphatic heterocycles. The highest BCUT2D eigenvalue weighted by atomic mass is 79.9. The fraction of sp³-hybridized carbons (Fsp3) is 1.00. The number of hydrogen-bond donors (Lipinski definition) is 1. The highest BCUT2D eigenvalue weighted by Gasteiger charge is 2.04. The second kappa shape index (κ2) is 19.1. The predicted octanol–water partition coefficient (Wildman–Crippen LogP) is 1.13. The summed E-state index contributed by atoms with van der Waals surface area (Å²) < 4.78 is 10.7. The van der Waals surface area contributed by atoms with Gasteiger partial charge in [0.2, 0.25) is 0 Å². The molecule has 0 saturated heterocycles. The first-order chi connectivity index (χ1) is 9.29. The molecule has 0 rings (SSSR count). The molecule has 0 bridgehead atoms. The number of rotatable bonds is 11. The molecule has 132 valence electrons. The van der Waals surface area contributed by atoms with E-state index in [0.717, 1.165) is 10.2 Å². The van der Waals surface area contributed by atoms with Crippen LogP contribution in [0.5, 0.6) is 0 Å². The number of quaternary nitrogens is 1. The first-order valence-corrected chi connectivity index (χ1v) is 10.6. The van der Waals surface area contributed by atoms with Gasteiger partial charge >= 0.3 is 0 Å². The summed E-state index contributed by atoms with van der Waals surface area (Å²) in [4.78, 5) is 0. The Kier molecular flexibility index (Phi) is 24.6. The summed E-state index contributed by atoms with van der Waals surface area (Å²) in [6.07, 6.45) is 15.9. The quantitative estimate of drug-likeness (QED) is 0.237. The van der Waals surface area contributed by atoms with Crippen LogP contribution >= 0.6 is 12.6 Å². The van der Waals surface area contributed by atoms with Crippen molar-refractivity contribution >= 4 is 23.8 Å². The molecule has 5 heteroatoms. The Labute approximate surface area is 153 Å². The Morgan fingerprint density at radius 3 is 1.33 bits per heavy atom. The maximum absolute atomic E-state index is 9.56. The molecule has 0 N–H and O–H groups in total. The van der Waals surface area contributed by atoms with Gasteiger partial charge in [-0.3, -0.25) is 0 Å². The zero-order valence-corrected chi connectivity index (χ0v) is 18.2. The Hall–Kier alpha value is 1.10. The van der Waals surface area contributed by atoms with Crippen molar-refractivity contribution < 1.29 is 26.0 Å². The number of thiol groups is 1. The van der Waals surface area contributed by atoms with Crippen molar-refractivity contribution in [1.82, 2.24) is 0 Å². The van der Waals surface area contributed by atoms with Gasteiger partial charge in [-0.2, -0.15) is 12.6 Å². The van der Waals surface area contributed by atoms with Gasteiger partial charge in [0.05, 0.1) is 40.2 Å². The van der Waals surface area contributed by atoms with E-state index in [1.807, 2.05) is 0 Å². The normalized spacial score (nSPS) is 10.9. The minimum absolute atomic E-state index is 0. The standard InChI is InChI=1S/C14H31NS.C2H6OS.BrH/c1-15(2,3)13-11-9-7-5-4-6-8-10-12-14-16;1-4(2)3;/h4-14H2,1-3H3;1-2H3;1H. The molecule has 0 aromatic rings. The Balaban J connectivity index is -0.000000572. The Morgan fingerprint density at radius 2 is 1.05 bits per heavy atom. The van der Waals surface area contributed by atoms with Crippen LogP contribution < -0.4 is 17.0 Å². The van der Waals surface area contributed by atoms with Gasteiger partial charge in [0.15, 0.2) is 0 Å². The Bertz CT molecular complexity index is 185. The summed E-state index contributed by atoms with van der Waals surface area (Å²) in [5.74, 6) is 1.06. The van der Waals surface area contributed by atoms with E-state index in [-0.39, 0.29) is 17.0 Å². The van der Waals surface area contributed by atoms with Gasteiger partial charge < -0.3 is 26.0 Å². The molecule has 0 aliphatic carbocycles. The van der Waals surface area contributed by atoms with Crippen LogP contribution in [0.25, 0.3) is 0 Å². The van der Waals surface area contributed by atoms with E-state index in [1.54, 1.807) is 12.5 Å². The van der Waals surface area contributed by atoms with Crippen molar-refractivity contribution in [3.05, 3.63) is 0 Å². The zero-order valence-electron chi connectivity index (χ0n) is 14.9. The molecule has 0 aromatic carbocycles. The van der Waals surface area contributed by atoms with Gasteiger partial charge in [0.25, 0.3) is 0 Å². The average molecular weight is 405 g/mol. The molecule has 0 aromatic heterocycles. The van der Waals surface area contributed by atoms with Crippen molar-refractivity contribution in [3.63, 3.8) is 0 Å². The molecule has 0 radical (unpaired) electrons. The molecule has 0 heterocycles. The molecule has 0 saturated carbocycles. The van der Waals surface area contributed by atoms with Gasteiger partial charge in [-0.25, -0.2) is 0 Å². The third-order valence-electron chi connectivity index (χ3n) is 2.99. The Morgan fingerprint density at radius 1 is 0.762 bits per heavy atom. The third kappa shape index (κ3) is 38.7. The molecular formula is C16H38BrNOS2. The molecule has 2 nitrogen and oxygen atoms in total. The smallest absolute Gasteiger partial charge is 0.0946 e. The van der Waals surface area contributed by atoms with E-state index in [2.05, 4.69) is 33.8 Å². The van der Waals surface area contributed by atoms with E-state index >= 15 is 0 Å². The largest absolute Gasteiger partial charge is 1.00 e. The number of nitrogens with zero attached hydrogens (tertiary/aromatic N) is 1. The summed E-state index contributed by atoms with van der Waals surface area (Å²) in [7, 11) is 6.84. The second-order valence-electron chi connectivity index (χ2n) is 6.66. The first-order valence-electron chi connectivity index (χ1n) is 7.96. The van der Waals surface area contributed by atoms with E-state index in [9.17, 15) is 4.55 Å². The summed E-state index contributed by atoms with van der Waals surface area (Å²) in [6.45, 7) is 1.32. The summed E-state index contributed by atoms with van der Waals surface area (Å²) in [5.41, 5.74) is 0. The number of halogens is 1. The van der Waals surface area contributed by atoms with Crippen LogP contribution in [0, 0.1) is 0 Å². The van der Waals surface area contributed by atoms with Crippen LogP contribution in [0.4, 0.5) is 0 Å². The lowest BCUT2D eigenvalue weighted by Crippen LogP contribution is -3.00. The van der Waals surface area contributed by atoms with Gasteiger partial charge in [-0.1, -0.05) is 49.7 Å². The fourth-order valence-electron chi connectivity index (χ4n) is 1.94. The summed E-state index contributed by atoms with van der Waals surface area (Å²) in [6, 6.07) is 0. The molecule has 0 aliphatic rings. The topological polar surface area (TPSA) is 23.1 Å².